The second-order valence-corrected chi connectivity index (χ2v) is 6.97. The zero-order valence-electron chi connectivity index (χ0n) is 15.8. The van der Waals surface area contributed by atoms with E-state index < -0.39 is 0 Å². The average Bonchev–Trinajstić information content (AvgIpc) is 3.13. The number of hydrogen-bond acceptors (Lipinski definition) is 3. The van der Waals surface area contributed by atoms with E-state index in [1.165, 1.54) is 0 Å². The van der Waals surface area contributed by atoms with Crippen LogP contribution in [0.2, 0.25) is 5.02 Å². The third kappa shape index (κ3) is 3.85. The molecular weight excluding hydrogens is 380 g/mol. The predicted octanol–water partition coefficient (Wildman–Crippen LogP) is 7.28. The monoisotopic (exact) mass is 396 g/mol. The SMILES string of the molecule is CC(=Nc1oc(-c2ccccc2)c(-c2ccccc2)c1C#N)c1ccc(Cl)cc1. The minimum absolute atomic E-state index is 0.303. The van der Waals surface area contributed by atoms with Gasteiger partial charge in [0.25, 0.3) is 0 Å². The summed E-state index contributed by atoms with van der Waals surface area (Å²) in [7, 11) is 0. The normalized spacial score (nSPS) is 11.3. The largest absolute Gasteiger partial charge is 0.436 e. The maximum absolute atomic E-state index is 9.94. The average molecular weight is 397 g/mol. The summed E-state index contributed by atoms with van der Waals surface area (Å²) in [4.78, 5) is 4.65. The van der Waals surface area contributed by atoms with Crippen molar-refractivity contribution in [2.75, 3.05) is 0 Å². The first-order chi connectivity index (χ1) is 14.2. The van der Waals surface area contributed by atoms with Crippen LogP contribution in [0, 0.1) is 11.3 Å². The van der Waals surface area contributed by atoms with Gasteiger partial charge in [-0.3, -0.25) is 0 Å². The zero-order valence-corrected chi connectivity index (χ0v) is 16.5. The molecule has 4 heteroatoms. The Kier molecular flexibility index (Phi) is 5.29. The van der Waals surface area contributed by atoms with Gasteiger partial charge in [-0.15, -0.1) is 0 Å². The Morgan fingerprint density at radius 3 is 2.03 bits per heavy atom. The molecule has 0 N–H and O–H groups in total. The van der Waals surface area contributed by atoms with Crippen LogP contribution in [0.1, 0.15) is 18.1 Å². The van der Waals surface area contributed by atoms with Crippen molar-refractivity contribution in [1.29, 1.82) is 5.26 Å². The minimum atomic E-state index is 0.303. The summed E-state index contributed by atoms with van der Waals surface area (Å²) >= 11 is 5.98. The molecule has 0 radical (unpaired) electrons. The molecule has 1 heterocycles. The van der Waals surface area contributed by atoms with Crippen molar-refractivity contribution in [3.63, 3.8) is 0 Å². The van der Waals surface area contributed by atoms with Crippen molar-refractivity contribution in [1.82, 2.24) is 0 Å². The molecule has 0 aliphatic carbocycles. The van der Waals surface area contributed by atoms with E-state index in [1.807, 2.05) is 91.9 Å². The summed E-state index contributed by atoms with van der Waals surface area (Å²) in [6.07, 6.45) is 0. The highest BCUT2D eigenvalue weighted by atomic mass is 35.5. The number of halogens is 1. The van der Waals surface area contributed by atoms with Gasteiger partial charge < -0.3 is 4.42 Å². The van der Waals surface area contributed by atoms with Crippen LogP contribution in [0.3, 0.4) is 0 Å². The van der Waals surface area contributed by atoms with Crippen LogP contribution in [0.15, 0.2) is 94.3 Å². The molecule has 0 bridgehead atoms. The Bertz CT molecular complexity index is 1200. The maximum Gasteiger partial charge on any atom is 0.238 e. The fourth-order valence-corrected chi connectivity index (χ4v) is 3.31. The number of hydrogen-bond donors (Lipinski definition) is 0. The molecule has 0 saturated heterocycles. The van der Waals surface area contributed by atoms with E-state index in [2.05, 4.69) is 11.1 Å². The highest BCUT2D eigenvalue weighted by Gasteiger charge is 2.23. The molecule has 1 aromatic heterocycles. The summed E-state index contributed by atoms with van der Waals surface area (Å²) in [5.41, 5.74) is 4.64. The third-order valence-corrected chi connectivity index (χ3v) is 4.88. The van der Waals surface area contributed by atoms with Gasteiger partial charge in [0.1, 0.15) is 17.4 Å². The van der Waals surface area contributed by atoms with Crippen molar-refractivity contribution >= 4 is 23.2 Å². The van der Waals surface area contributed by atoms with Crippen LogP contribution in [0.25, 0.3) is 22.5 Å². The van der Waals surface area contributed by atoms with Crippen LogP contribution in [-0.2, 0) is 0 Å². The first kappa shape index (κ1) is 18.7. The van der Waals surface area contributed by atoms with Gasteiger partial charge in [-0.05, 0) is 30.2 Å². The van der Waals surface area contributed by atoms with Gasteiger partial charge >= 0.3 is 0 Å². The first-order valence-electron chi connectivity index (χ1n) is 9.16. The molecule has 0 spiro atoms. The lowest BCUT2D eigenvalue weighted by Gasteiger charge is -2.03. The maximum atomic E-state index is 9.94. The Labute approximate surface area is 174 Å². The molecule has 0 aliphatic rings. The molecule has 4 aromatic rings. The van der Waals surface area contributed by atoms with E-state index >= 15 is 0 Å². The molecule has 0 aliphatic heterocycles. The fraction of sp³-hybridized carbons (Fsp3) is 0.0400. The minimum Gasteiger partial charge on any atom is -0.436 e. The Hall–Kier alpha value is -3.61. The van der Waals surface area contributed by atoms with Gasteiger partial charge in [0.15, 0.2) is 0 Å². The first-order valence-corrected chi connectivity index (χ1v) is 9.54. The summed E-state index contributed by atoms with van der Waals surface area (Å²) in [6.45, 7) is 1.89. The van der Waals surface area contributed by atoms with Gasteiger partial charge in [-0.1, -0.05) is 84.4 Å². The van der Waals surface area contributed by atoms with E-state index in [0.717, 1.165) is 28.0 Å². The molecule has 0 atom stereocenters. The molecule has 0 saturated carbocycles. The van der Waals surface area contributed by atoms with Crippen LogP contribution in [0.4, 0.5) is 5.88 Å². The molecule has 0 fully saturated rings. The molecule has 140 valence electrons. The highest BCUT2D eigenvalue weighted by molar-refractivity contribution is 6.30. The fourth-order valence-electron chi connectivity index (χ4n) is 3.18. The zero-order chi connectivity index (χ0) is 20.2. The quantitative estimate of drug-likeness (QED) is 0.340. The van der Waals surface area contributed by atoms with Crippen molar-refractivity contribution in [3.05, 3.63) is 101 Å². The number of nitriles is 1. The summed E-state index contributed by atoms with van der Waals surface area (Å²) < 4.78 is 6.16. The van der Waals surface area contributed by atoms with E-state index in [1.54, 1.807) is 0 Å². The molecule has 29 heavy (non-hydrogen) atoms. The molecular formula is C25H17ClN2O. The standard InChI is InChI=1S/C25H17ClN2O/c1-17(18-12-14-21(26)15-13-18)28-25-22(16-27)23(19-8-4-2-5-9-19)24(29-25)20-10-6-3-7-11-20/h2-15H,1H3. The van der Waals surface area contributed by atoms with Crippen LogP contribution in [0.5, 0.6) is 0 Å². The van der Waals surface area contributed by atoms with Crippen LogP contribution in [-0.4, -0.2) is 5.71 Å². The Morgan fingerprint density at radius 2 is 1.45 bits per heavy atom. The Morgan fingerprint density at radius 1 is 0.862 bits per heavy atom. The lowest BCUT2D eigenvalue weighted by molar-refractivity contribution is 0.592. The van der Waals surface area contributed by atoms with Crippen LogP contribution >= 0.6 is 11.6 Å². The van der Waals surface area contributed by atoms with Gasteiger partial charge in [-0.25, -0.2) is 4.99 Å². The van der Waals surface area contributed by atoms with Gasteiger partial charge in [-0.2, -0.15) is 5.26 Å². The van der Waals surface area contributed by atoms with Crippen molar-refractivity contribution in [2.24, 2.45) is 4.99 Å². The van der Waals surface area contributed by atoms with Gasteiger partial charge in [0, 0.05) is 21.9 Å². The Balaban J connectivity index is 1.92. The van der Waals surface area contributed by atoms with Crippen LogP contribution < -0.4 is 0 Å². The van der Waals surface area contributed by atoms with Crippen molar-refractivity contribution in [3.8, 4) is 28.5 Å². The predicted molar refractivity (Wildman–Crippen MR) is 118 cm³/mol. The second-order valence-electron chi connectivity index (χ2n) is 6.53. The molecule has 3 aromatic carbocycles. The molecule has 3 nitrogen and oxygen atoms in total. The summed E-state index contributed by atoms with van der Waals surface area (Å²) in [5.74, 6) is 0.939. The van der Waals surface area contributed by atoms with Crippen molar-refractivity contribution < 1.29 is 4.42 Å². The number of furan rings is 1. The van der Waals surface area contributed by atoms with E-state index in [9.17, 15) is 5.26 Å². The van der Waals surface area contributed by atoms with E-state index in [0.29, 0.717) is 22.2 Å². The summed E-state index contributed by atoms with van der Waals surface area (Å²) in [6, 6.07) is 29.3. The molecule has 4 rings (SSSR count). The smallest absolute Gasteiger partial charge is 0.238 e. The number of nitrogens with zero attached hydrogens (tertiary/aromatic N) is 2. The third-order valence-electron chi connectivity index (χ3n) is 4.63. The lowest BCUT2D eigenvalue weighted by atomic mass is 9.98. The van der Waals surface area contributed by atoms with E-state index in [-0.39, 0.29) is 0 Å². The molecule has 0 unspecified atom stereocenters. The second kappa shape index (κ2) is 8.18. The topological polar surface area (TPSA) is 49.3 Å². The lowest BCUT2D eigenvalue weighted by Crippen LogP contribution is -1.93. The molecule has 0 amide bonds. The summed E-state index contributed by atoms with van der Waals surface area (Å²) in [5, 5.41) is 10.6. The van der Waals surface area contributed by atoms with Gasteiger partial charge in [0.2, 0.25) is 5.88 Å². The number of benzene rings is 3. The van der Waals surface area contributed by atoms with Gasteiger partial charge in [0.05, 0.1) is 0 Å². The highest BCUT2D eigenvalue weighted by Crippen LogP contribution is 2.42. The van der Waals surface area contributed by atoms with Crippen molar-refractivity contribution in [2.45, 2.75) is 6.92 Å². The number of aliphatic imine (C=N–C) groups is 1. The van der Waals surface area contributed by atoms with E-state index in [4.69, 9.17) is 16.0 Å². The number of rotatable bonds is 4.